The Balaban J connectivity index is 2.80. The summed E-state index contributed by atoms with van der Waals surface area (Å²) in [5.41, 5.74) is 4.57. The van der Waals surface area contributed by atoms with Crippen molar-refractivity contribution in [2.75, 3.05) is 6.67 Å². The second-order valence-corrected chi connectivity index (χ2v) is 1.53. The van der Waals surface area contributed by atoms with Crippen molar-refractivity contribution in [1.82, 2.24) is 5.32 Å². The Morgan fingerprint density at radius 3 is 2.67 bits per heavy atom. The van der Waals surface area contributed by atoms with Crippen LogP contribution in [-0.2, 0) is 9.59 Å². The molecule has 0 spiro atoms. The number of amides is 2. The van der Waals surface area contributed by atoms with E-state index in [2.05, 4.69) is 10.3 Å². The zero-order chi connectivity index (χ0) is 6.85. The van der Waals surface area contributed by atoms with E-state index < -0.39 is 11.8 Å². The van der Waals surface area contributed by atoms with Crippen LogP contribution in [0, 0.1) is 0 Å². The zero-order valence-electron chi connectivity index (χ0n) is 4.55. The summed E-state index contributed by atoms with van der Waals surface area (Å²) in [7, 11) is 0. The zero-order valence-corrected chi connectivity index (χ0v) is 4.55. The number of hydrogen-bond donors (Lipinski definition) is 2. The van der Waals surface area contributed by atoms with Crippen LogP contribution in [0.15, 0.2) is 4.99 Å². The minimum atomic E-state index is -0.773. The van der Waals surface area contributed by atoms with Gasteiger partial charge in [-0.1, -0.05) is 0 Å². The monoisotopic (exact) mass is 127 g/mol. The third kappa shape index (κ3) is 0.883. The molecule has 5 heteroatoms. The lowest BCUT2D eigenvalue weighted by molar-refractivity contribution is -0.116. The van der Waals surface area contributed by atoms with Gasteiger partial charge < -0.3 is 11.1 Å². The molecule has 1 rings (SSSR count). The summed E-state index contributed by atoms with van der Waals surface area (Å²) < 4.78 is 0. The first-order valence-electron chi connectivity index (χ1n) is 2.34. The predicted octanol–water partition coefficient (Wildman–Crippen LogP) is -2.00. The van der Waals surface area contributed by atoms with Gasteiger partial charge in [0.2, 0.25) is 0 Å². The van der Waals surface area contributed by atoms with Gasteiger partial charge in [-0.3, -0.25) is 14.6 Å². The molecule has 1 heterocycles. The highest BCUT2D eigenvalue weighted by Gasteiger charge is 2.20. The second kappa shape index (κ2) is 1.85. The van der Waals surface area contributed by atoms with E-state index in [4.69, 9.17) is 5.73 Å². The second-order valence-electron chi connectivity index (χ2n) is 1.53. The maximum Gasteiger partial charge on any atom is 0.276 e. The predicted molar refractivity (Wildman–Crippen MR) is 29.6 cm³/mol. The molecule has 1 aliphatic rings. The molecule has 0 aliphatic carbocycles. The largest absolute Gasteiger partial charge is 0.364 e. The SMILES string of the molecule is NC(=O)C1=NCNC1=O. The lowest BCUT2D eigenvalue weighted by Gasteiger charge is -1.87. The van der Waals surface area contributed by atoms with Crippen molar-refractivity contribution < 1.29 is 9.59 Å². The molecule has 5 nitrogen and oxygen atoms in total. The van der Waals surface area contributed by atoms with Crippen molar-refractivity contribution in [3.05, 3.63) is 0 Å². The average Bonchev–Trinajstić information content (AvgIpc) is 2.13. The topological polar surface area (TPSA) is 84.6 Å². The molecule has 3 N–H and O–H groups in total. The van der Waals surface area contributed by atoms with Crippen LogP contribution >= 0.6 is 0 Å². The van der Waals surface area contributed by atoms with Crippen LogP contribution in [0.1, 0.15) is 0 Å². The Morgan fingerprint density at radius 2 is 2.44 bits per heavy atom. The molecule has 0 unspecified atom stereocenters. The molecule has 0 aromatic carbocycles. The molecule has 0 bridgehead atoms. The van der Waals surface area contributed by atoms with Gasteiger partial charge in [0, 0.05) is 0 Å². The Labute approximate surface area is 50.9 Å². The molecule has 48 valence electrons. The summed E-state index contributed by atoms with van der Waals surface area (Å²) in [5.74, 6) is -1.26. The van der Waals surface area contributed by atoms with E-state index in [0.29, 0.717) is 0 Å². The summed E-state index contributed by atoms with van der Waals surface area (Å²) in [6.07, 6.45) is 0. The molecule has 0 saturated carbocycles. The first kappa shape index (κ1) is 5.74. The maximum atomic E-state index is 10.5. The van der Waals surface area contributed by atoms with Gasteiger partial charge in [-0.25, -0.2) is 0 Å². The standard InChI is InChI=1S/C4H5N3O2/c5-3(8)2-4(9)7-1-6-2/h1H2,(H2,5,8)(H,7,9). The third-order valence-electron chi connectivity index (χ3n) is 0.925. The number of aliphatic imine (C=N–C) groups is 1. The van der Waals surface area contributed by atoms with Gasteiger partial charge in [0.15, 0.2) is 5.71 Å². The van der Waals surface area contributed by atoms with Crippen molar-refractivity contribution in [2.24, 2.45) is 10.7 Å². The Hall–Kier alpha value is -1.39. The Bertz CT molecular complexity index is 196. The Kier molecular flexibility index (Phi) is 1.18. The number of hydrogen-bond acceptors (Lipinski definition) is 3. The quantitative estimate of drug-likeness (QED) is 0.427. The van der Waals surface area contributed by atoms with Crippen molar-refractivity contribution in [3.63, 3.8) is 0 Å². The first-order chi connectivity index (χ1) is 4.22. The summed E-state index contributed by atoms with van der Waals surface area (Å²) in [6, 6.07) is 0. The fourth-order valence-corrected chi connectivity index (χ4v) is 0.536. The summed E-state index contributed by atoms with van der Waals surface area (Å²) in [5, 5.41) is 2.31. The van der Waals surface area contributed by atoms with E-state index in [0.717, 1.165) is 0 Å². The van der Waals surface area contributed by atoms with Crippen molar-refractivity contribution >= 4 is 17.5 Å². The molecule has 1 aliphatic heterocycles. The number of nitrogens with zero attached hydrogens (tertiary/aromatic N) is 1. The van der Waals surface area contributed by atoms with Gasteiger partial charge in [-0.05, 0) is 0 Å². The van der Waals surface area contributed by atoms with Gasteiger partial charge in [-0.2, -0.15) is 0 Å². The van der Waals surface area contributed by atoms with Crippen molar-refractivity contribution in [1.29, 1.82) is 0 Å². The lowest BCUT2D eigenvalue weighted by atomic mass is 10.3. The van der Waals surface area contributed by atoms with Crippen molar-refractivity contribution in [3.8, 4) is 0 Å². The minimum absolute atomic E-state index is 0.164. The van der Waals surface area contributed by atoms with Crippen LogP contribution in [0.3, 0.4) is 0 Å². The van der Waals surface area contributed by atoms with Gasteiger partial charge in [-0.15, -0.1) is 0 Å². The summed E-state index contributed by atoms with van der Waals surface area (Å²) >= 11 is 0. The molecule has 0 fully saturated rings. The molecular formula is C4H5N3O2. The van der Waals surface area contributed by atoms with Gasteiger partial charge in [0.25, 0.3) is 11.8 Å². The normalized spacial score (nSPS) is 16.9. The first-order valence-corrected chi connectivity index (χ1v) is 2.34. The van der Waals surface area contributed by atoms with E-state index in [1.165, 1.54) is 0 Å². The minimum Gasteiger partial charge on any atom is -0.364 e. The number of primary amides is 1. The van der Waals surface area contributed by atoms with E-state index in [1.54, 1.807) is 0 Å². The van der Waals surface area contributed by atoms with Gasteiger partial charge >= 0.3 is 0 Å². The highest BCUT2D eigenvalue weighted by atomic mass is 16.2. The smallest absolute Gasteiger partial charge is 0.276 e. The molecule has 0 atom stereocenters. The van der Waals surface area contributed by atoms with Crippen LogP contribution in [0.25, 0.3) is 0 Å². The van der Waals surface area contributed by atoms with Crippen LogP contribution in [-0.4, -0.2) is 24.2 Å². The lowest BCUT2D eigenvalue weighted by Crippen LogP contribution is -2.33. The average molecular weight is 127 g/mol. The van der Waals surface area contributed by atoms with Crippen molar-refractivity contribution in [2.45, 2.75) is 0 Å². The molecule has 2 amide bonds. The fraction of sp³-hybridized carbons (Fsp3) is 0.250. The molecule has 0 aromatic heterocycles. The summed E-state index contributed by atoms with van der Waals surface area (Å²) in [6.45, 7) is 0.164. The fourth-order valence-electron chi connectivity index (χ4n) is 0.536. The Morgan fingerprint density at radius 1 is 1.78 bits per heavy atom. The molecule has 0 aromatic rings. The highest BCUT2D eigenvalue weighted by molar-refractivity contribution is 6.65. The van der Waals surface area contributed by atoms with E-state index >= 15 is 0 Å². The number of rotatable bonds is 1. The van der Waals surface area contributed by atoms with Crippen LogP contribution in [0.2, 0.25) is 0 Å². The van der Waals surface area contributed by atoms with Gasteiger partial charge in [0.05, 0.1) is 0 Å². The van der Waals surface area contributed by atoms with E-state index in [9.17, 15) is 9.59 Å². The highest BCUT2D eigenvalue weighted by Crippen LogP contribution is 1.85. The number of nitrogens with one attached hydrogen (secondary N) is 1. The van der Waals surface area contributed by atoms with Crippen LogP contribution in [0.4, 0.5) is 0 Å². The van der Waals surface area contributed by atoms with Gasteiger partial charge in [0.1, 0.15) is 6.67 Å². The maximum absolute atomic E-state index is 10.5. The molecule has 9 heavy (non-hydrogen) atoms. The number of nitrogens with two attached hydrogens (primary N) is 1. The number of carbonyl (C=O) groups excluding carboxylic acids is 2. The van der Waals surface area contributed by atoms with E-state index in [1.807, 2.05) is 0 Å². The number of carbonyl (C=O) groups is 2. The van der Waals surface area contributed by atoms with E-state index in [-0.39, 0.29) is 12.4 Å². The summed E-state index contributed by atoms with van der Waals surface area (Å²) in [4.78, 5) is 24.2. The van der Waals surface area contributed by atoms with Crippen LogP contribution in [0.5, 0.6) is 0 Å². The molecule has 0 radical (unpaired) electrons. The molecule has 0 saturated heterocycles. The van der Waals surface area contributed by atoms with Crippen LogP contribution < -0.4 is 11.1 Å². The third-order valence-corrected chi connectivity index (χ3v) is 0.925. The molecular weight excluding hydrogens is 122 g/mol.